The van der Waals surface area contributed by atoms with Crippen molar-refractivity contribution in [2.45, 2.75) is 37.1 Å². The molecule has 0 bridgehead atoms. The van der Waals surface area contributed by atoms with E-state index in [4.69, 9.17) is 0 Å². The first-order valence-electron chi connectivity index (χ1n) is 8.92. The Kier molecular flexibility index (Phi) is 6.13. The van der Waals surface area contributed by atoms with E-state index in [1.54, 1.807) is 23.3 Å². The molecule has 3 rings (SSSR count). The van der Waals surface area contributed by atoms with Gasteiger partial charge in [-0.2, -0.15) is 4.31 Å². The molecule has 1 aromatic carbocycles. The molecule has 1 saturated heterocycles. The number of nitro benzene ring substituents is 1. The molecule has 1 aliphatic heterocycles. The summed E-state index contributed by atoms with van der Waals surface area (Å²) in [6.45, 7) is 1.46. The highest BCUT2D eigenvalue weighted by Gasteiger charge is 2.28. The van der Waals surface area contributed by atoms with Crippen LogP contribution in [0.15, 0.2) is 40.6 Å². The Bertz CT molecular complexity index is 889. The van der Waals surface area contributed by atoms with Crippen molar-refractivity contribution in [3.8, 4) is 0 Å². The van der Waals surface area contributed by atoms with Crippen LogP contribution in [0.5, 0.6) is 0 Å². The molecule has 0 aliphatic carbocycles. The Morgan fingerprint density at radius 1 is 1.19 bits per heavy atom. The zero-order valence-electron chi connectivity index (χ0n) is 15.2. The van der Waals surface area contributed by atoms with Crippen molar-refractivity contribution in [2.24, 2.45) is 0 Å². The van der Waals surface area contributed by atoms with E-state index in [0.29, 0.717) is 25.3 Å². The molecule has 1 aromatic heterocycles. The summed E-state index contributed by atoms with van der Waals surface area (Å²) in [7, 11) is -1.95. The van der Waals surface area contributed by atoms with Crippen molar-refractivity contribution in [1.82, 2.24) is 4.31 Å². The number of hydrogen-bond donors (Lipinski definition) is 0. The van der Waals surface area contributed by atoms with E-state index in [9.17, 15) is 18.5 Å². The lowest BCUT2D eigenvalue weighted by atomic mass is 10.2. The van der Waals surface area contributed by atoms with E-state index < -0.39 is 14.9 Å². The largest absolute Gasteiger partial charge is 0.364 e. The molecule has 0 spiro atoms. The Morgan fingerprint density at radius 2 is 1.89 bits per heavy atom. The predicted molar refractivity (Wildman–Crippen MR) is 107 cm³/mol. The van der Waals surface area contributed by atoms with Crippen LogP contribution in [0.4, 0.5) is 11.4 Å². The smallest absolute Gasteiger partial charge is 0.293 e. The molecule has 0 radical (unpaired) electrons. The van der Waals surface area contributed by atoms with Crippen molar-refractivity contribution in [3.05, 3.63) is 50.7 Å². The summed E-state index contributed by atoms with van der Waals surface area (Å²) >= 11 is 1.57. The van der Waals surface area contributed by atoms with Crippen LogP contribution in [0.25, 0.3) is 0 Å². The minimum atomic E-state index is -3.72. The van der Waals surface area contributed by atoms with Crippen LogP contribution in [0, 0.1) is 10.1 Å². The van der Waals surface area contributed by atoms with Crippen LogP contribution >= 0.6 is 11.3 Å². The molecule has 0 unspecified atom stereocenters. The maximum atomic E-state index is 12.9. The first kappa shape index (κ1) is 19.8. The second kappa shape index (κ2) is 8.37. The lowest BCUT2D eigenvalue weighted by Gasteiger charge is -2.22. The standard InChI is InChI=1S/C18H23N3O4S2/c1-19(14-15-7-6-12-26-15)17-9-8-16(13-18(17)21(22)23)27(24,25)20-10-4-2-3-5-11-20/h6-9,12-13H,2-5,10-11,14H2,1H3. The van der Waals surface area contributed by atoms with Crippen molar-refractivity contribution < 1.29 is 13.3 Å². The highest BCUT2D eigenvalue weighted by atomic mass is 32.2. The highest BCUT2D eigenvalue weighted by molar-refractivity contribution is 7.89. The Labute approximate surface area is 163 Å². The summed E-state index contributed by atoms with van der Waals surface area (Å²) < 4.78 is 27.3. The van der Waals surface area contributed by atoms with E-state index in [-0.39, 0.29) is 10.6 Å². The lowest BCUT2D eigenvalue weighted by molar-refractivity contribution is -0.384. The number of rotatable bonds is 6. The van der Waals surface area contributed by atoms with Crippen molar-refractivity contribution in [2.75, 3.05) is 25.0 Å². The van der Waals surface area contributed by atoms with Gasteiger partial charge in [0.15, 0.2) is 0 Å². The van der Waals surface area contributed by atoms with Gasteiger partial charge in [-0.3, -0.25) is 10.1 Å². The van der Waals surface area contributed by atoms with Crippen LogP contribution in [0.2, 0.25) is 0 Å². The predicted octanol–water partition coefficient (Wildman–Crippen LogP) is 3.86. The van der Waals surface area contributed by atoms with Gasteiger partial charge in [-0.1, -0.05) is 18.9 Å². The Morgan fingerprint density at radius 3 is 2.48 bits per heavy atom. The second-order valence-corrected chi connectivity index (χ2v) is 9.63. The van der Waals surface area contributed by atoms with Gasteiger partial charge in [0.2, 0.25) is 10.0 Å². The summed E-state index contributed by atoms with van der Waals surface area (Å²) in [5, 5.41) is 13.6. The summed E-state index contributed by atoms with van der Waals surface area (Å²) in [5.74, 6) is 0. The Balaban J connectivity index is 1.92. The normalized spacial score (nSPS) is 16.0. The number of benzene rings is 1. The molecular weight excluding hydrogens is 386 g/mol. The molecule has 2 aromatic rings. The number of anilines is 1. The molecule has 0 atom stereocenters. The van der Waals surface area contributed by atoms with Crippen LogP contribution in [-0.4, -0.2) is 37.8 Å². The summed E-state index contributed by atoms with van der Waals surface area (Å²) in [4.78, 5) is 13.9. The van der Waals surface area contributed by atoms with Crippen LogP contribution in [-0.2, 0) is 16.6 Å². The van der Waals surface area contributed by atoms with E-state index in [2.05, 4.69) is 0 Å². The molecule has 1 fully saturated rings. The summed E-state index contributed by atoms with van der Waals surface area (Å²) in [6.07, 6.45) is 3.67. The topological polar surface area (TPSA) is 83.8 Å². The molecule has 146 valence electrons. The molecule has 7 nitrogen and oxygen atoms in total. The van der Waals surface area contributed by atoms with Crippen LogP contribution in [0.3, 0.4) is 0 Å². The minimum Gasteiger partial charge on any atom is -0.364 e. The zero-order chi connectivity index (χ0) is 19.4. The zero-order valence-corrected chi connectivity index (χ0v) is 16.8. The first-order valence-corrected chi connectivity index (χ1v) is 11.2. The van der Waals surface area contributed by atoms with E-state index in [1.807, 2.05) is 17.5 Å². The highest BCUT2D eigenvalue weighted by Crippen LogP contribution is 2.33. The molecule has 27 heavy (non-hydrogen) atoms. The number of sulfonamides is 1. The van der Waals surface area contributed by atoms with E-state index in [1.165, 1.54) is 22.5 Å². The van der Waals surface area contributed by atoms with Gasteiger partial charge in [-0.25, -0.2) is 8.42 Å². The van der Waals surface area contributed by atoms with Gasteiger partial charge in [0.25, 0.3) is 5.69 Å². The molecule has 9 heteroatoms. The van der Waals surface area contributed by atoms with Gasteiger partial charge in [0.1, 0.15) is 5.69 Å². The van der Waals surface area contributed by atoms with Gasteiger partial charge in [-0.05, 0) is 36.4 Å². The molecule has 0 N–H and O–H groups in total. The number of thiophene rings is 1. The van der Waals surface area contributed by atoms with Crippen molar-refractivity contribution in [1.29, 1.82) is 0 Å². The van der Waals surface area contributed by atoms with Gasteiger partial charge in [0, 0.05) is 31.1 Å². The maximum Gasteiger partial charge on any atom is 0.293 e. The second-order valence-electron chi connectivity index (χ2n) is 6.66. The van der Waals surface area contributed by atoms with E-state index >= 15 is 0 Å². The fourth-order valence-electron chi connectivity index (χ4n) is 3.29. The molecule has 1 aliphatic rings. The lowest BCUT2D eigenvalue weighted by Crippen LogP contribution is -2.32. The van der Waals surface area contributed by atoms with Gasteiger partial charge in [0.05, 0.1) is 16.4 Å². The number of nitro groups is 1. The third kappa shape index (κ3) is 4.48. The van der Waals surface area contributed by atoms with Gasteiger partial charge < -0.3 is 4.90 Å². The van der Waals surface area contributed by atoms with Crippen LogP contribution < -0.4 is 4.90 Å². The molecular formula is C18H23N3O4S2. The average Bonchev–Trinajstić information content (AvgIpc) is 2.99. The SMILES string of the molecule is CN(Cc1cccs1)c1ccc(S(=O)(=O)N2CCCCCC2)cc1[N+](=O)[O-]. The van der Waals surface area contributed by atoms with Crippen molar-refractivity contribution >= 4 is 32.7 Å². The quantitative estimate of drug-likeness (QED) is 0.534. The Hall–Kier alpha value is -1.97. The third-order valence-electron chi connectivity index (χ3n) is 4.73. The third-order valence-corrected chi connectivity index (χ3v) is 7.49. The van der Waals surface area contributed by atoms with Crippen molar-refractivity contribution in [3.63, 3.8) is 0 Å². The number of nitrogens with zero attached hydrogens (tertiary/aromatic N) is 3. The summed E-state index contributed by atoms with van der Waals surface area (Å²) in [5.41, 5.74) is 0.216. The molecule has 2 heterocycles. The monoisotopic (exact) mass is 409 g/mol. The first-order chi connectivity index (χ1) is 12.9. The van der Waals surface area contributed by atoms with E-state index in [0.717, 1.165) is 30.6 Å². The molecule has 0 amide bonds. The maximum absolute atomic E-state index is 12.9. The fraction of sp³-hybridized carbons (Fsp3) is 0.444. The van der Waals surface area contributed by atoms with Gasteiger partial charge >= 0.3 is 0 Å². The van der Waals surface area contributed by atoms with Crippen LogP contribution in [0.1, 0.15) is 30.6 Å². The van der Waals surface area contributed by atoms with Gasteiger partial charge in [-0.15, -0.1) is 11.3 Å². The average molecular weight is 410 g/mol. The fourth-order valence-corrected chi connectivity index (χ4v) is 5.58. The number of hydrogen-bond acceptors (Lipinski definition) is 6. The molecule has 0 saturated carbocycles. The minimum absolute atomic E-state index is 0.00984. The summed E-state index contributed by atoms with van der Waals surface area (Å²) in [6, 6.07) is 8.11.